The van der Waals surface area contributed by atoms with Crippen molar-refractivity contribution < 1.29 is 14.0 Å². The van der Waals surface area contributed by atoms with Gasteiger partial charge < -0.3 is 19.8 Å². The molecular formula is C17H28N2O3Si. The monoisotopic (exact) mass is 336 g/mol. The van der Waals surface area contributed by atoms with E-state index in [4.69, 9.17) is 14.9 Å². The standard InChI is InChI=1S/C17H28N2O3Si/c1-11(22-23(6,7)17(2,3)4)15-16(20)19(5)13-10-12(18)8-9-14(13)21-15/h8-11,15H,18H2,1-7H3. The number of benzene rings is 1. The van der Waals surface area contributed by atoms with E-state index in [1.165, 1.54) is 0 Å². The predicted octanol–water partition coefficient (Wildman–Crippen LogP) is 3.40. The molecule has 5 nitrogen and oxygen atoms in total. The van der Waals surface area contributed by atoms with Crippen molar-refractivity contribution in [3.63, 3.8) is 0 Å². The fourth-order valence-electron chi connectivity index (χ4n) is 2.39. The highest BCUT2D eigenvalue weighted by atomic mass is 28.4. The van der Waals surface area contributed by atoms with Gasteiger partial charge in [0.25, 0.3) is 5.91 Å². The van der Waals surface area contributed by atoms with Crippen molar-refractivity contribution in [3.05, 3.63) is 18.2 Å². The number of nitrogens with zero attached hydrogens (tertiary/aromatic N) is 1. The summed E-state index contributed by atoms with van der Waals surface area (Å²) in [7, 11) is -0.230. The molecule has 1 aromatic carbocycles. The topological polar surface area (TPSA) is 64.8 Å². The van der Waals surface area contributed by atoms with E-state index in [1.807, 2.05) is 6.92 Å². The largest absolute Gasteiger partial charge is 0.476 e. The van der Waals surface area contributed by atoms with Crippen LogP contribution in [0, 0.1) is 0 Å². The van der Waals surface area contributed by atoms with E-state index >= 15 is 0 Å². The lowest BCUT2D eigenvalue weighted by molar-refractivity contribution is -0.130. The molecule has 0 spiro atoms. The van der Waals surface area contributed by atoms with Crippen LogP contribution in [-0.2, 0) is 9.22 Å². The second-order valence-corrected chi connectivity index (χ2v) is 12.5. The molecule has 1 aromatic rings. The maximum absolute atomic E-state index is 12.7. The molecule has 23 heavy (non-hydrogen) atoms. The van der Waals surface area contributed by atoms with Crippen molar-refractivity contribution in [1.82, 2.24) is 0 Å². The Morgan fingerprint density at radius 3 is 2.52 bits per heavy atom. The second-order valence-electron chi connectivity index (χ2n) is 7.75. The average molecular weight is 337 g/mol. The summed E-state index contributed by atoms with van der Waals surface area (Å²) >= 11 is 0. The molecule has 0 aliphatic carbocycles. The molecule has 0 saturated carbocycles. The third-order valence-corrected chi connectivity index (χ3v) is 9.46. The van der Waals surface area contributed by atoms with Gasteiger partial charge in [0.05, 0.1) is 11.8 Å². The molecule has 2 rings (SSSR count). The molecule has 2 atom stereocenters. The number of hydrogen-bond acceptors (Lipinski definition) is 4. The lowest BCUT2D eigenvalue weighted by atomic mass is 10.1. The first-order valence-corrected chi connectivity index (χ1v) is 10.9. The molecule has 0 saturated heterocycles. The predicted molar refractivity (Wildman–Crippen MR) is 96.4 cm³/mol. The number of rotatable bonds is 3. The molecule has 0 fully saturated rings. The van der Waals surface area contributed by atoms with E-state index in [2.05, 4.69) is 33.9 Å². The van der Waals surface area contributed by atoms with Gasteiger partial charge >= 0.3 is 0 Å². The van der Waals surface area contributed by atoms with Crippen molar-refractivity contribution in [2.75, 3.05) is 17.7 Å². The SMILES string of the molecule is CC(O[Si](C)(C)C(C)(C)C)C1Oc2ccc(N)cc2N(C)C1=O. The fraction of sp³-hybridized carbons (Fsp3) is 0.588. The van der Waals surface area contributed by atoms with Gasteiger partial charge in [-0.1, -0.05) is 20.8 Å². The molecule has 128 valence electrons. The molecule has 0 bridgehead atoms. The number of hydrogen-bond donors (Lipinski definition) is 1. The van der Waals surface area contributed by atoms with Crippen molar-refractivity contribution in [3.8, 4) is 5.75 Å². The van der Waals surface area contributed by atoms with Gasteiger partial charge in [-0.05, 0) is 43.3 Å². The number of ether oxygens (including phenoxy) is 1. The highest BCUT2D eigenvalue weighted by molar-refractivity contribution is 6.74. The molecule has 2 N–H and O–H groups in total. The van der Waals surface area contributed by atoms with Crippen molar-refractivity contribution >= 4 is 25.6 Å². The number of nitrogen functional groups attached to an aromatic ring is 1. The van der Waals surface area contributed by atoms with Gasteiger partial charge in [-0.3, -0.25) is 4.79 Å². The summed E-state index contributed by atoms with van der Waals surface area (Å²) in [5.41, 5.74) is 7.11. The molecule has 2 unspecified atom stereocenters. The van der Waals surface area contributed by atoms with Crippen molar-refractivity contribution in [2.24, 2.45) is 0 Å². The van der Waals surface area contributed by atoms with Crippen LogP contribution < -0.4 is 15.4 Å². The minimum Gasteiger partial charge on any atom is -0.476 e. The highest BCUT2D eigenvalue weighted by Crippen LogP contribution is 2.40. The van der Waals surface area contributed by atoms with Crippen LogP contribution in [0.5, 0.6) is 5.75 Å². The molecule has 1 heterocycles. The Balaban J connectivity index is 2.24. The summed E-state index contributed by atoms with van der Waals surface area (Å²) in [5.74, 6) is 0.561. The number of fused-ring (bicyclic) bond motifs is 1. The Hall–Kier alpha value is -1.53. The molecule has 0 radical (unpaired) electrons. The van der Waals surface area contributed by atoms with E-state index < -0.39 is 14.4 Å². The molecule has 6 heteroatoms. The number of amides is 1. The van der Waals surface area contributed by atoms with Crippen LogP contribution in [0.15, 0.2) is 18.2 Å². The Morgan fingerprint density at radius 2 is 1.96 bits per heavy atom. The quantitative estimate of drug-likeness (QED) is 0.678. The Labute approximate surface area is 139 Å². The summed E-state index contributed by atoms with van der Waals surface area (Å²) in [6, 6.07) is 5.33. The van der Waals surface area contributed by atoms with Gasteiger partial charge in [0, 0.05) is 12.7 Å². The van der Waals surface area contributed by atoms with E-state index in [0.717, 1.165) is 0 Å². The smallest absolute Gasteiger partial charge is 0.270 e. The van der Waals surface area contributed by atoms with Crippen LogP contribution >= 0.6 is 0 Å². The first-order valence-electron chi connectivity index (χ1n) is 7.95. The Morgan fingerprint density at radius 1 is 1.35 bits per heavy atom. The average Bonchev–Trinajstić information content (AvgIpc) is 2.41. The fourth-order valence-corrected chi connectivity index (χ4v) is 3.80. The highest BCUT2D eigenvalue weighted by Gasteiger charge is 2.43. The van der Waals surface area contributed by atoms with Gasteiger partial charge in [-0.15, -0.1) is 0 Å². The zero-order chi connectivity index (χ0) is 17.6. The number of carbonyl (C=O) groups excluding carboxylic acids is 1. The van der Waals surface area contributed by atoms with Crippen molar-refractivity contribution in [2.45, 2.75) is 58.0 Å². The molecular weight excluding hydrogens is 308 g/mol. The first kappa shape index (κ1) is 17.8. The van der Waals surface area contributed by atoms with Gasteiger partial charge in [0.2, 0.25) is 6.10 Å². The maximum atomic E-state index is 12.7. The van der Waals surface area contributed by atoms with Crippen LogP contribution in [0.2, 0.25) is 18.1 Å². The molecule has 1 aliphatic heterocycles. The van der Waals surface area contributed by atoms with Crippen LogP contribution in [0.25, 0.3) is 0 Å². The van der Waals surface area contributed by atoms with Crippen LogP contribution in [0.1, 0.15) is 27.7 Å². The van der Waals surface area contributed by atoms with E-state index in [9.17, 15) is 4.79 Å². The second kappa shape index (κ2) is 5.83. The lowest BCUT2D eigenvalue weighted by Crippen LogP contribution is -2.54. The van der Waals surface area contributed by atoms with Gasteiger partial charge in [-0.2, -0.15) is 0 Å². The van der Waals surface area contributed by atoms with Gasteiger partial charge in [0.1, 0.15) is 5.75 Å². The Kier molecular flexibility index (Phi) is 4.52. The van der Waals surface area contributed by atoms with Gasteiger partial charge in [-0.25, -0.2) is 0 Å². The number of anilines is 2. The van der Waals surface area contributed by atoms with Crippen molar-refractivity contribution in [1.29, 1.82) is 0 Å². The molecule has 0 aromatic heterocycles. The normalized spacial score (nSPS) is 20.0. The maximum Gasteiger partial charge on any atom is 0.270 e. The zero-order valence-corrected chi connectivity index (χ0v) is 16.1. The van der Waals surface area contributed by atoms with E-state index in [0.29, 0.717) is 17.1 Å². The Bertz CT molecular complexity index is 610. The summed E-state index contributed by atoms with van der Waals surface area (Å²) in [6.07, 6.45) is -0.943. The van der Waals surface area contributed by atoms with Crippen LogP contribution in [-0.4, -0.2) is 33.5 Å². The minimum atomic E-state index is -1.97. The summed E-state index contributed by atoms with van der Waals surface area (Å²) < 4.78 is 12.3. The summed E-state index contributed by atoms with van der Waals surface area (Å²) in [4.78, 5) is 14.3. The third kappa shape index (κ3) is 3.38. The third-order valence-electron chi connectivity index (χ3n) is 4.89. The number of likely N-dealkylation sites (N-methyl/N-ethyl adjacent to an activating group) is 1. The number of carbonyl (C=O) groups is 1. The van der Waals surface area contributed by atoms with E-state index in [1.54, 1.807) is 30.1 Å². The molecule has 1 aliphatic rings. The number of nitrogens with two attached hydrogens (primary N) is 1. The van der Waals surface area contributed by atoms with E-state index in [-0.39, 0.29) is 17.0 Å². The lowest BCUT2D eigenvalue weighted by Gasteiger charge is -2.41. The first-order chi connectivity index (χ1) is 10.4. The minimum absolute atomic E-state index is 0.0806. The van der Waals surface area contributed by atoms with Gasteiger partial charge in [0.15, 0.2) is 8.32 Å². The summed E-state index contributed by atoms with van der Waals surface area (Å²) in [5, 5.41) is 0.0806. The zero-order valence-electron chi connectivity index (χ0n) is 15.1. The van der Waals surface area contributed by atoms with Crippen LogP contribution in [0.3, 0.4) is 0 Å². The summed E-state index contributed by atoms with van der Waals surface area (Å²) in [6.45, 7) is 12.8. The van der Waals surface area contributed by atoms with Crippen LogP contribution in [0.4, 0.5) is 11.4 Å². The molecule has 1 amide bonds.